The Labute approximate surface area is 104 Å². The van der Waals surface area contributed by atoms with Crippen molar-refractivity contribution in [3.8, 4) is 0 Å². The molecule has 17 heavy (non-hydrogen) atoms. The van der Waals surface area contributed by atoms with E-state index in [0.29, 0.717) is 0 Å². The largest absolute Gasteiger partial charge is 0.308 e. The predicted octanol–water partition coefficient (Wildman–Crippen LogP) is 2.47. The van der Waals surface area contributed by atoms with E-state index < -0.39 is 0 Å². The van der Waals surface area contributed by atoms with Crippen molar-refractivity contribution in [3.05, 3.63) is 39.6 Å². The third-order valence-corrected chi connectivity index (χ3v) is 4.31. The predicted molar refractivity (Wildman–Crippen MR) is 70.5 cm³/mol. The van der Waals surface area contributed by atoms with Gasteiger partial charge in [0.25, 0.3) is 5.56 Å². The first-order chi connectivity index (χ1) is 8.34. The van der Waals surface area contributed by atoms with Crippen LogP contribution in [-0.4, -0.2) is 11.5 Å². The summed E-state index contributed by atoms with van der Waals surface area (Å²) in [6.45, 7) is 1.03. The second kappa shape index (κ2) is 4.55. The maximum Gasteiger partial charge on any atom is 0.279 e. The average molecular weight is 246 g/mol. The van der Waals surface area contributed by atoms with Gasteiger partial charge in [0.2, 0.25) is 0 Å². The summed E-state index contributed by atoms with van der Waals surface area (Å²) in [5, 5.41) is 5.11. The monoisotopic (exact) mass is 246 g/mol. The number of nitrogens with zero attached hydrogens (tertiary/aromatic N) is 1. The minimum absolute atomic E-state index is 0.0956. The van der Waals surface area contributed by atoms with Crippen molar-refractivity contribution in [3.63, 3.8) is 0 Å². The van der Waals surface area contributed by atoms with Gasteiger partial charge in [0, 0.05) is 4.70 Å². The number of rotatable bonds is 1. The summed E-state index contributed by atoms with van der Waals surface area (Å²) in [6.07, 6.45) is 3.52. The Morgan fingerprint density at radius 3 is 3.00 bits per heavy atom. The molecule has 1 N–H and O–H groups in total. The third kappa shape index (κ3) is 2.10. The molecule has 4 heteroatoms. The first-order valence-corrected chi connectivity index (χ1v) is 6.79. The third-order valence-electron chi connectivity index (χ3n) is 3.15. The van der Waals surface area contributed by atoms with Crippen LogP contribution in [0.5, 0.6) is 0 Å². The topological polar surface area (TPSA) is 42.0 Å². The summed E-state index contributed by atoms with van der Waals surface area (Å²) >= 11 is 1.63. The maximum absolute atomic E-state index is 11.9. The van der Waals surface area contributed by atoms with Crippen LogP contribution in [0, 0.1) is 0 Å². The van der Waals surface area contributed by atoms with Gasteiger partial charge in [-0.2, -0.15) is 0 Å². The van der Waals surface area contributed by atoms with Crippen molar-refractivity contribution < 1.29 is 0 Å². The zero-order valence-corrected chi connectivity index (χ0v) is 10.3. The van der Waals surface area contributed by atoms with Crippen LogP contribution in [0.25, 0.3) is 10.1 Å². The molecular weight excluding hydrogens is 232 g/mol. The zero-order chi connectivity index (χ0) is 11.7. The number of aromatic nitrogens is 1. The zero-order valence-electron chi connectivity index (χ0n) is 9.48. The Balaban J connectivity index is 2.08. The van der Waals surface area contributed by atoms with Gasteiger partial charge in [0.15, 0.2) is 0 Å². The first kappa shape index (κ1) is 10.9. The second-order valence-electron chi connectivity index (χ2n) is 4.36. The molecule has 0 saturated carbocycles. The molecule has 1 aliphatic rings. The van der Waals surface area contributed by atoms with E-state index in [9.17, 15) is 4.79 Å². The van der Waals surface area contributed by atoms with E-state index in [-0.39, 0.29) is 11.6 Å². The van der Waals surface area contributed by atoms with E-state index in [0.717, 1.165) is 28.1 Å². The van der Waals surface area contributed by atoms with E-state index in [1.807, 2.05) is 24.3 Å². The molecule has 1 aromatic carbocycles. The molecule has 0 bridgehead atoms. The summed E-state index contributed by atoms with van der Waals surface area (Å²) < 4.78 is 1.04. The molecule has 88 valence electrons. The maximum atomic E-state index is 11.9. The van der Waals surface area contributed by atoms with E-state index >= 15 is 0 Å². The molecular formula is C13H14N2OS. The quantitative estimate of drug-likeness (QED) is 0.840. The highest BCUT2D eigenvalue weighted by Crippen LogP contribution is 2.26. The van der Waals surface area contributed by atoms with Gasteiger partial charge in [0.05, 0.1) is 11.4 Å². The molecule has 3 nitrogen and oxygen atoms in total. The lowest BCUT2D eigenvalue weighted by molar-refractivity contribution is 0.410. The molecule has 0 aliphatic carbocycles. The fourth-order valence-corrected chi connectivity index (χ4v) is 3.35. The number of hydrogen-bond acceptors (Lipinski definition) is 4. The van der Waals surface area contributed by atoms with Crippen LogP contribution in [0.1, 0.15) is 30.3 Å². The summed E-state index contributed by atoms with van der Waals surface area (Å²) in [7, 11) is 0. The molecule has 1 fully saturated rings. The van der Waals surface area contributed by atoms with Crippen LogP contribution in [0.2, 0.25) is 0 Å². The van der Waals surface area contributed by atoms with Gasteiger partial charge < -0.3 is 5.32 Å². The van der Waals surface area contributed by atoms with E-state index in [1.165, 1.54) is 12.8 Å². The number of piperidine rings is 1. The molecule has 3 rings (SSSR count). The minimum atomic E-state index is -0.0956. The number of fused-ring (bicyclic) bond motifs is 1. The number of nitrogens with one attached hydrogen (secondary N) is 1. The summed E-state index contributed by atoms with van der Waals surface area (Å²) in [4.78, 5) is 16.1. The standard InChI is InChI=1S/C13H14N2OS/c16-12-9-5-1-2-7-11(9)17-13(15-12)10-6-3-4-8-14-10/h1-2,5,7,10,14H,3-4,6,8H2. The van der Waals surface area contributed by atoms with Gasteiger partial charge in [-0.25, -0.2) is 4.98 Å². The van der Waals surface area contributed by atoms with E-state index in [2.05, 4.69) is 10.3 Å². The molecule has 1 unspecified atom stereocenters. The Morgan fingerprint density at radius 1 is 1.29 bits per heavy atom. The normalized spacial score (nSPS) is 20.6. The van der Waals surface area contributed by atoms with E-state index in [1.54, 1.807) is 11.3 Å². The van der Waals surface area contributed by atoms with Gasteiger partial charge in [-0.3, -0.25) is 4.79 Å². The Kier molecular flexibility index (Phi) is 2.91. The lowest BCUT2D eigenvalue weighted by Gasteiger charge is -2.22. The van der Waals surface area contributed by atoms with Crippen LogP contribution < -0.4 is 10.9 Å². The van der Waals surface area contributed by atoms with E-state index in [4.69, 9.17) is 0 Å². The second-order valence-corrected chi connectivity index (χ2v) is 5.42. The van der Waals surface area contributed by atoms with Gasteiger partial charge in [-0.1, -0.05) is 18.6 Å². The van der Waals surface area contributed by atoms with Crippen molar-refractivity contribution in [2.45, 2.75) is 25.3 Å². The fraction of sp³-hybridized carbons (Fsp3) is 0.385. The summed E-state index contributed by atoms with van der Waals surface area (Å²) in [5.74, 6) is 0. The molecule has 1 saturated heterocycles. The smallest absolute Gasteiger partial charge is 0.279 e. The molecule has 0 radical (unpaired) electrons. The molecule has 2 aromatic rings. The molecule has 0 amide bonds. The van der Waals surface area contributed by atoms with Crippen molar-refractivity contribution in [2.24, 2.45) is 0 Å². The Morgan fingerprint density at radius 2 is 2.18 bits per heavy atom. The van der Waals surface area contributed by atoms with Crippen LogP contribution in [0.3, 0.4) is 0 Å². The van der Waals surface area contributed by atoms with Crippen LogP contribution >= 0.6 is 11.3 Å². The van der Waals surface area contributed by atoms with Crippen LogP contribution in [0.15, 0.2) is 29.1 Å². The lowest BCUT2D eigenvalue weighted by Crippen LogP contribution is -2.28. The van der Waals surface area contributed by atoms with Gasteiger partial charge in [-0.05, 0) is 31.5 Å². The highest BCUT2D eigenvalue weighted by Gasteiger charge is 2.18. The van der Waals surface area contributed by atoms with Crippen molar-refractivity contribution in [1.82, 2.24) is 10.3 Å². The summed E-state index contributed by atoms with van der Waals surface area (Å²) in [5.41, 5.74) is -0.0956. The Bertz CT molecular complexity index is 587. The summed E-state index contributed by atoms with van der Waals surface area (Å²) in [6, 6.07) is 7.97. The van der Waals surface area contributed by atoms with Gasteiger partial charge >= 0.3 is 0 Å². The lowest BCUT2D eigenvalue weighted by atomic mass is 10.1. The van der Waals surface area contributed by atoms with Crippen molar-refractivity contribution in [1.29, 1.82) is 0 Å². The average Bonchev–Trinajstić information content (AvgIpc) is 2.40. The molecule has 1 aliphatic heterocycles. The van der Waals surface area contributed by atoms with Crippen molar-refractivity contribution >= 4 is 21.4 Å². The number of hydrogen-bond donors (Lipinski definition) is 1. The minimum Gasteiger partial charge on any atom is -0.308 e. The Hall–Kier alpha value is -1.26. The molecule has 2 heterocycles. The van der Waals surface area contributed by atoms with Crippen molar-refractivity contribution in [2.75, 3.05) is 6.54 Å². The first-order valence-electron chi connectivity index (χ1n) is 5.98. The van der Waals surface area contributed by atoms with Gasteiger partial charge in [-0.15, -0.1) is 11.3 Å². The van der Waals surface area contributed by atoms with Gasteiger partial charge in [0.1, 0.15) is 5.01 Å². The van der Waals surface area contributed by atoms with Crippen LogP contribution in [0.4, 0.5) is 0 Å². The molecule has 1 atom stereocenters. The van der Waals surface area contributed by atoms with Crippen LogP contribution in [-0.2, 0) is 0 Å². The SMILES string of the molecule is O=c1nc(C2CCCCN2)sc2ccccc12. The molecule has 1 aromatic heterocycles. The highest BCUT2D eigenvalue weighted by atomic mass is 32.1. The molecule has 0 spiro atoms. The highest BCUT2D eigenvalue weighted by molar-refractivity contribution is 7.18. The number of benzene rings is 1. The fourth-order valence-electron chi connectivity index (χ4n) is 2.24.